The first kappa shape index (κ1) is 17.0. The molecule has 0 heterocycles. The van der Waals surface area contributed by atoms with Crippen molar-refractivity contribution in [1.29, 1.82) is 5.26 Å². The highest BCUT2D eigenvalue weighted by Gasteiger charge is 2.42. The molecule has 118 valence electrons. The molecular formula is C17H22BrN3O. The van der Waals surface area contributed by atoms with Crippen molar-refractivity contribution < 1.29 is 4.79 Å². The molecule has 5 heteroatoms. The van der Waals surface area contributed by atoms with Gasteiger partial charge in [0.25, 0.3) is 0 Å². The first-order valence-corrected chi connectivity index (χ1v) is 8.49. The van der Waals surface area contributed by atoms with Crippen molar-refractivity contribution in [2.45, 2.75) is 44.7 Å². The molecule has 0 radical (unpaired) electrons. The number of hydrogen-bond donors (Lipinski definition) is 2. The summed E-state index contributed by atoms with van der Waals surface area (Å²) < 4.78 is 1.04. The molecule has 1 aliphatic rings. The highest BCUT2D eigenvalue weighted by atomic mass is 79.9. The Morgan fingerprint density at radius 2 is 2.09 bits per heavy atom. The largest absolute Gasteiger partial charge is 0.337 e. The van der Waals surface area contributed by atoms with Crippen LogP contribution in [0.25, 0.3) is 0 Å². The van der Waals surface area contributed by atoms with E-state index in [0.29, 0.717) is 5.92 Å². The van der Waals surface area contributed by atoms with E-state index < -0.39 is 5.54 Å². The van der Waals surface area contributed by atoms with Gasteiger partial charge < -0.3 is 10.6 Å². The normalized spacial score (nSPS) is 18.1. The van der Waals surface area contributed by atoms with Gasteiger partial charge in [-0.1, -0.05) is 35.0 Å². The highest BCUT2D eigenvalue weighted by Crippen LogP contribution is 2.39. The average Bonchev–Trinajstić information content (AvgIpc) is 3.34. The van der Waals surface area contributed by atoms with Crippen LogP contribution in [0.4, 0.5) is 0 Å². The van der Waals surface area contributed by atoms with Gasteiger partial charge in [-0.2, -0.15) is 5.26 Å². The molecule has 1 saturated carbocycles. The van der Waals surface area contributed by atoms with Crippen molar-refractivity contribution in [3.05, 3.63) is 34.3 Å². The summed E-state index contributed by atoms with van der Waals surface area (Å²) in [6.45, 7) is 4.12. The van der Waals surface area contributed by atoms with Gasteiger partial charge >= 0.3 is 0 Å². The summed E-state index contributed by atoms with van der Waals surface area (Å²) in [5.41, 5.74) is 0.432. The van der Waals surface area contributed by atoms with Gasteiger partial charge in [-0.05, 0) is 49.8 Å². The molecule has 1 amide bonds. The topological polar surface area (TPSA) is 64.9 Å². The smallest absolute Gasteiger partial charge is 0.235 e. The van der Waals surface area contributed by atoms with E-state index in [1.165, 1.54) is 0 Å². The lowest BCUT2D eigenvalue weighted by Gasteiger charge is -2.24. The van der Waals surface area contributed by atoms with Crippen LogP contribution in [0.3, 0.4) is 0 Å². The van der Waals surface area contributed by atoms with Crippen molar-refractivity contribution >= 4 is 21.8 Å². The predicted octanol–water partition coefficient (Wildman–Crippen LogP) is 3.30. The summed E-state index contributed by atoms with van der Waals surface area (Å²) in [6, 6.07) is 10.5. The molecule has 1 aromatic rings. The van der Waals surface area contributed by atoms with Gasteiger partial charge in [0, 0.05) is 10.5 Å². The number of nitrogens with one attached hydrogen (secondary N) is 2. The van der Waals surface area contributed by atoms with E-state index in [1.54, 1.807) is 0 Å². The van der Waals surface area contributed by atoms with Gasteiger partial charge in [-0.15, -0.1) is 0 Å². The summed E-state index contributed by atoms with van der Waals surface area (Å²) in [5, 5.41) is 15.4. The summed E-state index contributed by atoms with van der Waals surface area (Å²) in [4.78, 5) is 12.1. The Labute approximate surface area is 140 Å². The van der Waals surface area contributed by atoms with Crippen LogP contribution in [-0.4, -0.2) is 18.0 Å². The molecule has 0 aromatic heterocycles. The first-order chi connectivity index (χ1) is 10.5. The molecule has 22 heavy (non-hydrogen) atoms. The van der Waals surface area contributed by atoms with E-state index in [1.807, 2.05) is 31.2 Å². The fourth-order valence-corrected chi connectivity index (χ4v) is 2.89. The van der Waals surface area contributed by atoms with E-state index >= 15 is 0 Å². The van der Waals surface area contributed by atoms with Crippen molar-refractivity contribution in [3.8, 4) is 6.07 Å². The van der Waals surface area contributed by atoms with Gasteiger partial charge in [-0.25, -0.2) is 0 Å². The van der Waals surface area contributed by atoms with Gasteiger partial charge in [0.2, 0.25) is 5.91 Å². The maximum atomic E-state index is 12.1. The number of amides is 1. The van der Waals surface area contributed by atoms with Crippen LogP contribution in [0.2, 0.25) is 0 Å². The van der Waals surface area contributed by atoms with Crippen molar-refractivity contribution in [2.24, 2.45) is 5.92 Å². The second kappa shape index (κ2) is 7.26. The lowest BCUT2D eigenvalue weighted by Crippen LogP contribution is -2.49. The fraction of sp³-hybridized carbons (Fsp3) is 0.529. The molecule has 1 aliphatic carbocycles. The van der Waals surface area contributed by atoms with E-state index in [-0.39, 0.29) is 18.5 Å². The lowest BCUT2D eigenvalue weighted by molar-refractivity contribution is -0.121. The third kappa shape index (κ3) is 4.31. The number of carbonyl (C=O) groups excluding carboxylic acids is 1. The van der Waals surface area contributed by atoms with E-state index in [9.17, 15) is 10.1 Å². The van der Waals surface area contributed by atoms with E-state index in [4.69, 9.17) is 0 Å². The molecule has 4 nitrogen and oxygen atoms in total. The summed E-state index contributed by atoms with van der Waals surface area (Å²) >= 11 is 3.42. The highest BCUT2D eigenvalue weighted by molar-refractivity contribution is 9.10. The van der Waals surface area contributed by atoms with Crippen LogP contribution >= 0.6 is 15.9 Å². The number of halogens is 1. The molecular weight excluding hydrogens is 342 g/mol. The molecule has 2 N–H and O–H groups in total. The molecule has 1 fully saturated rings. The van der Waals surface area contributed by atoms with Gasteiger partial charge in [0.1, 0.15) is 5.54 Å². The van der Waals surface area contributed by atoms with Crippen molar-refractivity contribution in [1.82, 2.24) is 10.6 Å². The Hall–Kier alpha value is -1.38. The van der Waals surface area contributed by atoms with Gasteiger partial charge in [0.15, 0.2) is 0 Å². The number of carbonyl (C=O) groups is 1. The fourth-order valence-electron chi connectivity index (χ4n) is 2.62. The first-order valence-electron chi connectivity index (χ1n) is 7.69. The van der Waals surface area contributed by atoms with Gasteiger partial charge in [-0.3, -0.25) is 4.79 Å². The van der Waals surface area contributed by atoms with Crippen molar-refractivity contribution in [3.63, 3.8) is 0 Å². The number of rotatable bonds is 7. The van der Waals surface area contributed by atoms with Crippen LogP contribution in [0, 0.1) is 17.2 Å². The predicted molar refractivity (Wildman–Crippen MR) is 90.1 cm³/mol. The molecule has 2 atom stereocenters. The maximum absolute atomic E-state index is 12.1. The van der Waals surface area contributed by atoms with Crippen LogP contribution < -0.4 is 10.6 Å². The molecule has 0 bridgehead atoms. The molecule has 0 spiro atoms. The Bertz CT molecular complexity index is 562. The molecule has 0 saturated heterocycles. The van der Waals surface area contributed by atoms with Crippen molar-refractivity contribution in [2.75, 3.05) is 6.54 Å². The number of hydrogen-bond acceptors (Lipinski definition) is 3. The Morgan fingerprint density at radius 3 is 2.59 bits per heavy atom. The zero-order chi connectivity index (χ0) is 16.2. The van der Waals surface area contributed by atoms with Crippen LogP contribution in [0.1, 0.15) is 44.7 Å². The Kier molecular flexibility index (Phi) is 5.60. The van der Waals surface area contributed by atoms with Crippen LogP contribution in [0.15, 0.2) is 28.7 Å². The Balaban J connectivity index is 1.89. The van der Waals surface area contributed by atoms with Crippen LogP contribution in [-0.2, 0) is 4.79 Å². The zero-order valence-corrected chi connectivity index (χ0v) is 14.6. The average molecular weight is 364 g/mol. The third-order valence-corrected chi connectivity index (χ3v) is 4.74. The second-order valence-electron chi connectivity index (χ2n) is 6.03. The minimum atomic E-state index is -0.724. The SMILES string of the molecule is CC[C@H](NCC(=O)N[C@](C)(C#N)C1CC1)c1ccc(Br)cc1. The summed E-state index contributed by atoms with van der Waals surface area (Å²) in [7, 11) is 0. The zero-order valence-electron chi connectivity index (χ0n) is 13.0. The minimum absolute atomic E-state index is 0.119. The molecule has 2 rings (SSSR count). The van der Waals surface area contributed by atoms with E-state index in [0.717, 1.165) is 29.3 Å². The third-order valence-electron chi connectivity index (χ3n) is 4.21. The molecule has 1 aromatic carbocycles. The number of benzene rings is 1. The van der Waals surface area contributed by atoms with E-state index in [2.05, 4.69) is 39.6 Å². The van der Waals surface area contributed by atoms with Gasteiger partial charge in [0.05, 0.1) is 12.6 Å². The quantitative estimate of drug-likeness (QED) is 0.780. The lowest BCUT2D eigenvalue weighted by atomic mass is 9.98. The standard InChI is InChI=1S/C17H22BrN3O/c1-3-15(12-4-8-14(18)9-5-12)20-10-16(22)21-17(2,11-19)13-6-7-13/h4-5,8-9,13,15,20H,3,6-7,10H2,1-2H3,(H,21,22)/t15-,17+/m0/s1. The monoisotopic (exact) mass is 363 g/mol. The Morgan fingerprint density at radius 1 is 1.45 bits per heavy atom. The molecule has 0 aliphatic heterocycles. The summed E-state index contributed by atoms with van der Waals surface area (Å²) in [5.74, 6) is 0.182. The number of nitriles is 1. The minimum Gasteiger partial charge on any atom is -0.337 e. The maximum Gasteiger partial charge on any atom is 0.235 e. The second-order valence-corrected chi connectivity index (χ2v) is 6.95. The summed E-state index contributed by atoms with van der Waals surface area (Å²) in [6.07, 6.45) is 2.94. The van der Waals surface area contributed by atoms with Crippen LogP contribution in [0.5, 0.6) is 0 Å². The number of nitrogens with zero attached hydrogens (tertiary/aromatic N) is 1. The molecule has 0 unspecified atom stereocenters.